The Labute approximate surface area is 83.9 Å². The van der Waals surface area contributed by atoms with Gasteiger partial charge in [-0.2, -0.15) is 0 Å². The Balaban J connectivity index is 0. The van der Waals surface area contributed by atoms with Gasteiger partial charge in [0.15, 0.2) is 0 Å². The van der Waals surface area contributed by atoms with Gasteiger partial charge in [-0.15, -0.1) is 12.4 Å². The lowest BCUT2D eigenvalue weighted by Gasteiger charge is -1.97. The Morgan fingerprint density at radius 2 is 1.77 bits per heavy atom. The highest BCUT2D eigenvalue weighted by molar-refractivity contribution is 5.85. The summed E-state index contributed by atoms with van der Waals surface area (Å²) in [5.74, 6) is 3.50. The molecule has 0 radical (unpaired) electrons. The van der Waals surface area contributed by atoms with Gasteiger partial charge in [-0.05, 0) is 31.0 Å². The third-order valence-electron chi connectivity index (χ3n) is 1.67. The number of carbonyl (C=O) groups excluding carboxylic acids is 1. The van der Waals surface area contributed by atoms with Crippen molar-refractivity contribution in [2.45, 2.75) is 13.8 Å². The maximum absolute atomic E-state index is 10.3. The highest BCUT2D eigenvalue weighted by Gasteiger charge is 1.92. The number of nitrogens with two attached hydrogens (primary N) is 1. The Kier molecular flexibility index (Phi) is 8.69. The Morgan fingerprint density at radius 3 is 2.15 bits per heavy atom. The van der Waals surface area contributed by atoms with Crippen LogP contribution in [0, 0.1) is 13.8 Å². The highest BCUT2D eigenvalue weighted by Crippen LogP contribution is 2.07. The molecule has 3 nitrogen and oxygen atoms in total. The summed E-state index contributed by atoms with van der Waals surface area (Å²) in [4.78, 5) is 10.3. The lowest BCUT2D eigenvalue weighted by molar-refractivity contribution is 0.112. The maximum Gasteiger partial charge on any atom is 0.150 e. The van der Waals surface area contributed by atoms with Gasteiger partial charge in [0, 0.05) is 5.56 Å². The second kappa shape index (κ2) is 7.73. The van der Waals surface area contributed by atoms with E-state index in [0.29, 0.717) is 0 Å². The molecule has 0 spiro atoms. The van der Waals surface area contributed by atoms with E-state index in [-0.39, 0.29) is 12.4 Å². The fourth-order valence-corrected chi connectivity index (χ4v) is 0.838. The lowest BCUT2D eigenvalue weighted by Crippen LogP contribution is -1.84. The summed E-state index contributed by atoms with van der Waals surface area (Å²) in [6.45, 7) is 4.03. The molecule has 1 rings (SSSR count). The molecule has 74 valence electrons. The zero-order valence-electron chi connectivity index (χ0n) is 7.65. The molecule has 0 unspecified atom stereocenters. The van der Waals surface area contributed by atoms with Crippen molar-refractivity contribution in [2.24, 2.45) is 5.90 Å². The van der Waals surface area contributed by atoms with E-state index in [0.717, 1.165) is 11.8 Å². The topological polar surface area (TPSA) is 63.3 Å². The monoisotopic (exact) mass is 203 g/mol. The normalized spacial score (nSPS) is 7.69. The van der Waals surface area contributed by atoms with E-state index < -0.39 is 0 Å². The van der Waals surface area contributed by atoms with Gasteiger partial charge < -0.3 is 5.21 Å². The fourth-order valence-electron chi connectivity index (χ4n) is 0.838. The summed E-state index contributed by atoms with van der Waals surface area (Å²) >= 11 is 0. The van der Waals surface area contributed by atoms with Crippen molar-refractivity contribution >= 4 is 18.7 Å². The first-order valence-electron chi connectivity index (χ1n) is 3.52. The van der Waals surface area contributed by atoms with Crippen molar-refractivity contribution in [1.29, 1.82) is 0 Å². The van der Waals surface area contributed by atoms with E-state index >= 15 is 0 Å². The highest BCUT2D eigenvalue weighted by atomic mass is 35.5. The second-order valence-corrected chi connectivity index (χ2v) is 2.46. The standard InChI is InChI=1S/C9H10O.ClH.H3NO/c1-7-3-4-9(6-10)5-8(7)2;;1-2/h3-6H,1-2H3;1H;2H,1H2. The number of aldehydes is 1. The van der Waals surface area contributed by atoms with Crippen molar-refractivity contribution in [2.75, 3.05) is 0 Å². The summed E-state index contributed by atoms with van der Waals surface area (Å²) in [6.07, 6.45) is 0.867. The summed E-state index contributed by atoms with van der Waals surface area (Å²) in [5.41, 5.74) is 3.15. The van der Waals surface area contributed by atoms with E-state index in [1.165, 1.54) is 11.1 Å². The van der Waals surface area contributed by atoms with Gasteiger partial charge in [0.25, 0.3) is 0 Å². The summed E-state index contributed by atoms with van der Waals surface area (Å²) in [7, 11) is 0. The second-order valence-electron chi connectivity index (χ2n) is 2.46. The van der Waals surface area contributed by atoms with Gasteiger partial charge in [-0.25, -0.2) is 5.90 Å². The Morgan fingerprint density at radius 1 is 1.23 bits per heavy atom. The number of carbonyl (C=O) groups is 1. The quantitative estimate of drug-likeness (QED) is 0.541. The molecule has 0 saturated heterocycles. The van der Waals surface area contributed by atoms with Gasteiger partial charge in [0.1, 0.15) is 6.29 Å². The predicted molar refractivity (Wildman–Crippen MR) is 54.5 cm³/mol. The average Bonchev–Trinajstić information content (AvgIpc) is 2.13. The molecule has 0 heterocycles. The predicted octanol–water partition coefficient (Wildman–Crippen LogP) is 1.87. The average molecular weight is 204 g/mol. The number of aryl methyl sites for hydroxylation is 2. The first-order chi connectivity index (χ1) is 5.74. The van der Waals surface area contributed by atoms with Crippen LogP contribution in [0.15, 0.2) is 18.2 Å². The molecule has 4 heteroatoms. The zero-order chi connectivity index (χ0) is 9.56. The van der Waals surface area contributed by atoms with Crippen molar-refractivity contribution in [1.82, 2.24) is 0 Å². The minimum Gasteiger partial charge on any atom is -0.320 e. The third-order valence-corrected chi connectivity index (χ3v) is 1.67. The van der Waals surface area contributed by atoms with E-state index in [4.69, 9.17) is 5.21 Å². The van der Waals surface area contributed by atoms with Crippen molar-refractivity contribution < 1.29 is 10.0 Å². The van der Waals surface area contributed by atoms with Crippen LogP contribution < -0.4 is 5.90 Å². The Bertz CT molecular complexity index is 264. The van der Waals surface area contributed by atoms with Gasteiger partial charge in [-0.1, -0.05) is 12.1 Å². The van der Waals surface area contributed by atoms with Crippen LogP contribution >= 0.6 is 12.4 Å². The minimum absolute atomic E-state index is 0. The first kappa shape index (κ1) is 14.6. The summed E-state index contributed by atoms with van der Waals surface area (Å²) in [6, 6.07) is 5.68. The van der Waals surface area contributed by atoms with E-state index in [1.54, 1.807) is 0 Å². The van der Waals surface area contributed by atoms with Crippen LogP contribution in [0.25, 0.3) is 0 Å². The molecule has 1 aromatic rings. The molecule has 0 bridgehead atoms. The molecule has 0 aromatic heterocycles. The summed E-state index contributed by atoms with van der Waals surface area (Å²) in [5, 5.41) is 6.50. The molecule has 0 aliphatic rings. The van der Waals surface area contributed by atoms with E-state index in [9.17, 15) is 4.79 Å². The molecule has 0 aliphatic carbocycles. The Hall–Kier alpha value is -0.900. The van der Waals surface area contributed by atoms with Crippen LogP contribution in [-0.4, -0.2) is 11.5 Å². The summed E-state index contributed by atoms with van der Waals surface area (Å²) < 4.78 is 0. The van der Waals surface area contributed by atoms with Crippen LogP contribution in [-0.2, 0) is 0 Å². The van der Waals surface area contributed by atoms with Crippen LogP contribution in [0.5, 0.6) is 0 Å². The van der Waals surface area contributed by atoms with Gasteiger partial charge >= 0.3 is 0 Å². The van der Waals surface area contributed by atoms with Crippen LogP contribution in [0.3, 0.4) is 0 Å². The fraction of sp³-hybridized carbons (Fsp3) is 0.222. The number of halogens is 1. The van der Waals surface area contributed by atoms with Crippen molar-refractivity contribution in [3.63, 3.8) is 0 Å². The van der Waals surface area contributed by atoms with Crippen molar-refractivity contribution in [3.8, 4) is 0 Å². The smallest absolute Gasteiger partial charge is 0.150 e. The van der Waals surface area contributed by atoms with Crippen molar-refractivity contribution in [3.05, 3.63) is 34.9 Å². The molecule has 3 N–H and O–H groups in total. The van der Waals surface area contributed by atoms with Crippen LogP contribution in [0.2, 0.25) is 0 Å². The largest absolute Gasteiger partial charge is 0.320 e. The molecule has 0 aliphatic heterocycles. The number of hydrogen-bond acceptors (Lipinski definition) is 3. The van der Waals surface area contributed by atoms with Crippen LogP contribution in [0.1, 0.15) is 21.5 Å². The molecule has 0 fully saturated rings. The molecule has 0 amide bonds. The SMILES string of the molecule is Cc1ccc(C=O)cc1C.Cl.NO. The van der Waals surface area contributed by atoms with Gasteiger partial charge in [0.05, 0.1) is 0 Å². The molecule has 0 saturated carbocycles. The van der Waals surface area contributed by atoms with Gasteiger partial charge in [-0.3, -0.25) is 4.79 Å². The van der Waals surface area contributed by atoms with E-state index in [1.807, 2.05) is 32.0 Å². The number of hydrogen-bond donors (Lipinski definition) is 2. The zero-order valence-corrected chi connectivity index (χ0v) is 8.47. The molecule has 13 heavy (non-hydrogen) atoms. The number of rotatable bonds is 1. The maximum atomic E-state index is 10.3. The molecular weight excluding hydrogens is 190 g/mol. The third kappa shape index (κ3) is 4.62. The van der Waals surface area contributed by atoms with Crippen LogP contribution in [0.4, 0.5) is 0 Å². The number of benzene rings is 1. The molecule has 0 atom stereocenters. The first-order valence-corrected chi connectivity index (χ1v) is 3.52. The minimum atomic E-state index is 0. The van der Waals surface area contributed by atoms with Gasteiger partial charge in [0.2, 0.25) is 0 Å². The lowest BCUT2D eigenvalue weighted by atomic mass is 10.1. The van der Waals surface area contributed by atoms with E-state index in [2.05, 4.69) is 5.90 Å². The molecular formula is C9H14ClNO2. The molecule has 1 aromatic carbocycles.